The monoisotopic (exact) mass is 376 g/mol. The van der Waals surface area contributed by atoms with Crippen LogP contribution in [0.25, 0.3) is 0 Å². The molecule has 0 heterocycles. The molecule has 0 fully saturated rings. The SMILES string of the molecule is CC(CC(C)(C)C)C[PH](c1ccccc1)(c1ccccc1)c1ccccc1. The van der Waals surface area contributed by atoms with Crippen molar-refractivity contribution in [2.24, 2.45) is 11.3 Å². The molecule has 3 rings (SSSR count). The fraction of sp³-hybridized carbons (Fsp3) is 0.308. The molecule has 3 aromatic rings. The van der Waals surface area contributed by atoms with Crippen LogP contribution in [0, 0.1) is 11.3 Å². The second-order valence-electron chi connectivity index (χ2n) is 9.08. The second kappa shape index (κ2) is 8.41. The van der Waals surface area contributed by atoms with Gasteiger partial charge in [0.05, 0.1) is 0 Å². The molecule has 0 aliphatic rings. The van der Waals surface area contributed by atoms with Gasteiger partial charge in [0.2, 0.25) is 0 Å². The van der Waals surface area contributed by atoms with Crippen molar-refractivity contribution in [2.45, 2.75) is 34.1 Å². The van der Waals surface area contributed by atoms with E-state index >= 15 is 0 Å². The Hall–Kier alpha value is -1.91. The predicted octanol–water partition coefficient (Wildman–Crippen LogP) is 5.79. The summed E-state index contributed by atoms with van der Waals surface area (Å²) < 4.78 is 0. The molecule has 142 valence electrons. The number of benzene rings is 3. The van der Waals surface area contributed by atoms with E-state index in [9.17, 15) is 0 Å². The van der Waals surface area contributed by atoms with E-state index in [-0.39, 0.29) is 0 Å². The van der Waals surface area contributed by atoms with Crippen molar-refractivity contribution in [2.75, 3.05) is 6.16 Å². The molecule has 0 aliphatic carbocycles. The Morgan fingerprint density at radius 2 is 0.963 bits per heavy atom. The molecule has 0 nitrogen and oxygen atoms in total. The molecule has 1 atom stereocenters. The average Bonchev–Trinajstić information content (AvgIpc) is 2.67. The van der Waals surface area contributed by atoms with E-state index in [1.165, 1.54) is 28.5 Å². The maximum atomic E-state index is 2.45. The Balaban J connectivity index is 2.20. The molecule has 0 radical (unpaired) electrons. The molecule has 0 amide bonds. The van der Waals surface area contributed by atoms with Gasteiger partial charge in [-0.2, -0.15) is 0 Å². The zero-order valence-electron chi connectivity index (χ0n) is 17.2. The number of hydrogen-bond acceptors (Lipinski definition) is 0. The second-order valence-corrected chi connectivity index (χ2v) is 13.0. The summed E-state index contributed by atoms with van der Waals surface area (Å²) in [6, 6.07) is 33.8. The van der Waals surface area contributed by atoms with Gasteiger partial charge in [-0.25, -0.2) is 0 Å². The summed E-state index contributed by atoms with van der Waals surface area (Å²) in [6.45, 7) is 9.53. The van der Waals surface area contributed by atoms with Crippen LogP contribution in [0.1, 0.15) is 34.1 Å². The Labute approximate surface area is 166 Å². The normalized spacial score (nSPS) is 13.9. The van der Waals surface area contributed by atoms with Gasteiger partial charge in [0, 0.05) is 0 Å². The zero-order chi connectivity index (χ0) is 19.3. The van der Waals surface area contributed by atoms with Crippen molar-refractivity contribution in [1.82, 2.24) is 0 Å². The summed E-state index contributed by atoms with van der Waals surface area (Å²) in [6.07, 6.45) is 2.48. The molecular formula is C26H33P. The van der Waals surface area contributed by atoms with Gasteiger partial charge in [-0.15, -0.1) is 0 Å². The fourth-order valence-corrected chi connectivity index (χ4v) is 9.84. The first kappa shape index (κ1) is 19.8. The van der Waals surface area contributed by atoms with E-state index in [2.05, 4.69) is 119 Å². The molecule has 0 aliphatic heterocycles. The zero-order valence-corrected chi connectivity index (χ0v) is 18.2. The van der Waals surface area contributed by atoms with E-state index in [4.69, 9.17) is 0 Å². The first-order valence-corrected chi connectivity index (χ1v) is 12.3. The summed E-state index contributed by atoms with van der Waals surface area (Å²) in [5, 5.41) is 4.55. The Kier molecular flexibility index (Phi) is 6.18. The average molecular weight is 377 g/mol. The summed E-state index contributed by atoms with van der Waals surface area (Å²) in [5.41, 5.74) is 0.351. The standard InChI is InChI=1S/C26H33P/c1-22(20-26(2,3)4)21-27(23-14-8-5-9-15-23,24-16-10-6-11-17-24)25-18-12-7-13-19-25/h5-19,22,27H,20-21H2,1-4H3. The van der Waals surface area contributed by atoms with Gasteiger partial charge < -0.3 is 0 Å². The molecule has 1 unspecified atom stereocenters. The van der Waals surface area contributed by atoms with Crippen molar-refractivity contribution in [3.8, 4) is 0 Å². The van der Waals surface area contributed by atoms with Crippen LogP contribution in [-0.4, -0.2) is 6.16 Å². The molecule has 3 aromatic carbocycles. The molecule has 0 bridgehead atoms. The van der Waals surface area contributed by atoms with Crippen LogP contribution in [-0.2, 0) is 0 Å². The minimum absolute atomic E-state index is 0.351. The first-order chi connectivity index (χ1) is 12.9. The van der Waals surface area contributed by atoms with Gasteiger partial charge in [0.1, 0.15) is 0 Å². The summed E-state index contributed by atoms with van der Waals surface area (Å²) in [5.74, 6) is 0.664. The van der Waals surface area contributed by atoms with Crippen molar-refractivity contribution in [3.63, 3.8) is 0 Å². The van der Waals surface area contributed by atoms with Gasteiger partial charge in [-0.05, 0) is 0 Å². The first-order valence-electron chi connectivity index (χ1n) is 10.1. The summed E-state index contributed by atoms with van der Waals surface area (Å²) in [7, 11) is -2.09. The quantitative estimate of drug-likeness (QED) is 0.478. The Morgan fingerprint density at radius 3 is 1.26 bits per heavy atom. The van der Waals surface area contributed by atoms with Crippen LogP contribution in [0.15, 0.2) is 91.0 Å². The van der Waals surface area contributed by atoms with Crippen LogP contribution in [0.2, 0.25) is 0 Å². The molecule has 0 saturated carbocycles. The van der Waals surface area contributed by atoms with Gasteiger partial charge >= 0.3 is 166 Å². The van der Waals surface area contributed by atoms with Crippen LogP contribution in [0.4, 0.5) is 0 Å². The molecular weight excluding hydrogens is 343 g/mol. The van der Waals surface area contributed by atoms with E-state index in [1.54, 1.807) is 0 Å². The molecule has 0 spiro atoms. The Morgan fingerprint density at radius 1 is 0.630 bits per heavy atom. The van der Waals surface area contributed by atoms with E-state index in [0.29, 0.717) is 11.3 Å². The van der Waals surface area contributed by atoms with Crippen LogP contribution in [0.5, 0.6) is 0 Å². The molecule has 27 heavy (non-hydrogen) atoms. The van der Waals surface area contributed by atoms with Gasteiger partial charge in [0.25, 0.3) is 0 Å². The van der Waals surface area contributed by atoms with Gasteiger partial charge in [-0.3, -0.25) is 0 Å². The summed E-state index contributed by atoms with van der Waals surface area (Å²) in [4.78, 5) is 0. The third-order valence-electron chi connectivity index (χ3n) is 5.42. The molecule has 0 saturated heterocycles. The molecule has 0 aromatic heterocycles. The topological polar surface area (TPSA) is 0 Å². The van der Waals surface area contributed by atoms with Crippen molar-refractivity contribution in [3.05, 3.63) is 91.0 Å². The van der Waals surface area contributed by atoms with Crippen molar-refractivity contribution in [1.29, 1.82) is 0 Å². The third-order valence-corrected chi connectivity index (χ3v) is 10.7. The van der Waals surface area contributed by atoms with E-state index in [1.807, 2.05) is 0 Å². The molecule has 1 heteroatoms. The van der Waals surface area contributed by atoms with Crippen LogP contribution in [0.3, 0.4) is 0 Å². The summed E-state index contributed by atoms with van der Waals surface area (Å²) >= 11 is 0. The third kappa shape index (κ3) is 4.69. The van der Waals surface area contributed by atoms with Crippen molar-refractivity contribution >= 4 is 23.2 Å². The predicted molar refractivity (Wildman–Crippen MR) is 125 cm³/mol. The number of rotatable bonds is 6. The maximum absolute atomic E-state index is 2.45. The number of hydrogen-bond donors (Lipinski definition) is 0. The van der Waals surface area contributed by atoms with Gasteiger partial charge in [-0.1, -0.05) is 0 Å². The molecule has 0 N–H and O–H groups in total. The van der Waals surface area contributed by atoms with E-state index in [0.717, 1.165) is 0 Å². The van der Waals surface area contributed by atoms with Gasteiger partial charge in [0.15, 0.2) is 0 Å². The van der Waals surface area contributed by atoms with Crippen LogP contribution < -0.4 is 15.9 Å². The van der Waals surface area contributed by atoms with E-state index < -0.39 is 7.26 Å². The fourth-order valence-electron chi connectivity index (χ4n) is 4.66. The van der Waals surface area contributed by atoms with Crippen molar-refractivity contribution < 1.29 is 0 Å². The van der Waals surface area contributed by atoms with Crippen LogP contribution >= 0.6 is 7.26 Å². The Bertz CT molecular complexity index is 720. The minimum atomic E-state index is -2.09.